The molecule has 0 amide bonds. The van der Waals surface area contributed by atoms with E-state index in [0.29, 0.717) is 0 Å². The van der Waals surface area contributed by atoms with E-state index < -0.39 is 0 Å². The molecule has 3 nitrogen and oxygen atoms in total. The molecule has 36 heavy (non-hydrogen) atoms. The Morgan fingerprint density at radius 2 is 1.44 bits per heavy atom. The van der Waals surface area contributed by atoms with Crippen LogP contribution in [0.5, 0.6) is 5.75 Å². The SMILES string of the molecule is CC(C)(C)c1cc(-c2cc3ccccc3cn2)cc(-c2cccc3sc(-c4ccccc4O)nc23)c1. The van der Waals surface area contributed by atoms with Gasteiger partial charge in [-0.05, 0) is 58.3 Å². The second-order valence-corrected chi connectivity index (χ2v) is 11.2. The maximum absolute atomic E-state index is 10.4. The number of para-hydroxylation sites is 2. The number of hydrogen-bond donors (Lipinski definition) is 1. The van der Waals surface area contributed by atoms with Crippen LogP contribution in [-0.4, -0.2) is 15.1 Å². The summed E-state index contributed by atoms with van der Waals surface area (Å²) in [5.41, 5.74) is 7.18. The van der Waals surface area contributed by atoms with Crippen LogP contribution in [0.3, 0.4) is 0 Å². The van der Waals surface area contributed by atoms with Crippen LogP contribution in [0.2, 0.25) is 0 Å². The summed E-state index contributed by atoms with van der Waals surface area (Å²) in [4.78, 5) is 9.81. The van der Waals surface area contributed by atoms with Gasteiger partial charge in [0.1, 0.15) is 10.8 Å². The molecule has 1 N–H and O–H groups in total. The van der Waals surface area contributed by atoms with E-state index in [1.165, 1.54) is 10.9 Å². The molecule has 2 heterocycles. The minimum atomic E-state index is -0.0292. The lowest BCUT2D eigenvalue weighted by atomic mass is 9.83. The van der Waals surface area contributed by atoms with Gasteiger partial charge in [0, 0.05) is 22.7 Å². The fraction of sp³-hybridized carbons (Fsp3) is 0.125. The maximum atomic E-state index is 10.4. The molecule has 0 fully saturated rings. The molecular weight excluding hydrogens is 460 g/mol. The highest BCUT2D eigenvalue weighted by atomic mass is 32.1. The van der Waals surface area contributed by atoms with Crippen molar-refractivity contribution in [2.75, 3.05) is 0 Å². The Hall–Kier alpha value is -4.02. The van der Waals surface area contributed by atoms with E-state index in [-0.39, 0.29) is 11.2 Å². The third kappa shape index (κ3) is 4.04. The van der Waals surface area contributed by atoms with Crippen LogP contribution in [0.4, 0.5) is 0 Å². The molecule has 6 rings (SSSR count). The topological polar surface area (TPSA) is 46.0 Å². The Morgan fingerprint density at radius 3 is 2.25 bits per heavy atom. The van der Waals surface area contributed by atoms with Gasteiger partial charge in [0.15, 0.2) is 0 Å². The van der Waals surface area contributed by atoms with Crippen molar-refractivity contribution in [1.29, 1.82) is 0 Å². The van der Waals surface area contributed by atoms with Gasteiger partial charge in [-0.2, -0.15) is 0 Å². The van der Waals surface area contributed by atoms with Crippen molar-refractivity contribution in [3.63, 3.8) is 0 Å². The van der Waals surface area contributed by atoms with Crippen LogP contribution in [0, 0.1) is 0 Å². The average Bonchev–Trinajstić information content (AvgIpc) is 3.32. The van der Waals surface area contributed by atoms with Gasteiger partial charge in [0.2, 0.25) is 0 Å². The minimum Gasteiger partial charge on any atom is -0.507 e. The number of phenolic OH excluding ortho intramolecular Hbond substituents is 1. The van der Waals surface area contributed by atoms with Crippen molar-refractivity contribution < 1.29 is 5.11 Å². The molecule has 0 unspecified atom stereocenters. The van der Waals surface area contributed by atoms with E-state index in [1.54, 1.807) is 17.4 Å². The summed E-state index contributed by atoms with van der Waals surface area (Å²) in [6, 6.07) is 30.9. The summed E-state index contributed by atoms with van der Waals surface area (Å²) in [6.45, 7) is 6.72. The highest BCUT2D eigenvalue weighted by molar-refractivity contribution is 7.21. The average molecular weight is 487 g/mol. The summed E-state index contributed by atoms with van der Waals surface area (Å²) in [6.07, 6.45) is 1.95. The van der Waals surface area contributed by atoms with E-state index in [2.05, 4.69) is 81.4 Å². The molecule has 6 aromatic rings. The molecule has 0 spiro atoms. The van der Waals surface area contributed by atoms with Gasteiger partial charge in [-0.25, -0.2) is 4.98 Å². The number of benzene rings is 4. The molecule has 4 heteroatoms. The van der Waals surface area contributed by atoms with Crippen LogP contribution in [0.1, 0.15) is 26.3 Å². The third-order valence-electron chi connectivity index (χ3n) is 6.59. The first-order valence-corrected chi connectivity index (χ1v) is 12.9. The lowest BCUT2D eigenvalue weighted by molar-refractivity contribution is 0.477. The number of aromatic hydroxyl groups is 1. The zero-order chi connectivity index (χ0) is 24.9. The highest BCUT2D eigenvalue weighted by Crippen LogP contribution is 2.40. The first-order valence-electron chi connectivity index (χ1n) is 12.1. The Morgan fingerprint density at radius 1 is 0.722 bits per heavy atom. The standard InChI is InChI=1S/C32H26N2OS/c1-32(2,3)24-16-22(15-23(17-24)27-18-20-9-4-5-10-21(20)19-33-27)25-12-8-14-29-30(25)34-31(36-29)26-11-6-7-13-28(26)35/h4-19,35H,1-3H3. The van der Waals surface area contributed by atoms with Gasteiger partial charge in [-0.1, -0.05) is 75.4 Å². The van der Waals surface area contributed by atoms with Crippen molar-refractivity contribution >= 4 is 32.3 Å². The second kappa shape index (κ2) is 8.58. The highest BCUT2D eigenvalue weighted by Gasteiger charge is 2.19. The zero-order valence-electron chi connectivity index (χ0n) is 20.5. The molecular formula is C32H26N2OS. The van der Waals surface area contributed by atoms with E-state index in [0.717, 1.165) is 48.6 Å². The van der Waals surface area contributed by atoms with Gasteiger partial charge < -0.3 is 5.11 Å². The largest absolute Gasteiger partial charge is 0.507 e. The molecule has 0 aliphatic rings. The minimum absolute atomic E-state index is 0.0292. The molecule has 176 valence electrons. The van der Waals surface area contributed by atoms with Crippen molar-refractivity contribution in [1.82, 2.24) is 9.97 Å². The second-order valence-electron chi connectivity index (χ2n) is 10.2. The third-order valence-corrected chi connectivity index (χ3v) is 7.64. The smallest absolute Gasteiger partial charge is 0.128 e. The Kier molecular flexibility index (Phi) is 5.35. The summed E-state index contributed by atoms with van der Waals surface area (Å²) < 4.78 is 1.09. The van der Waals surface area contributed by atoms with Crippen molar-refractivity contribution in [3.8, 4) is 38.7 Å². The molecule has 2 aromatic heterocycles. The zero-order valence-corrected chi connectivity index (χ0v) is 21.3. The van der Waals surface area contributed by atoms with Crippen LogP contribution < -0.4 is 0 Å². The molecule has 0 saturated heterocycles. The number of thiazole rings is 1. The first-order chi connectivity index (χ1) is 17.4. The van der Waals surface area contributed by atoms with Gasteiger partial charge in [0.05, 0.1) is 21.5 Å². The molecule has 0 aliphatic heterocycles. The summed E-state index contributed by atoms with van der Waals surface area (Å²) in [7, 11) is 0. The van der Waals surface area contributed by atoms with Crippen LogP contribution in [0.15, 0.2) is 97.2 Å². The summed E-state index contributed by atoms with van der Waals surface area (Å²) in [5.74, 6) is 0.248. The molecule has 0 aliphatic carbocycles. The van der Waals surface area contributed by atoms with Crippen molar-refractivity contribution in [2.45, 2.75) is 26.2 Å². The monoisotopic (exact) mass is 486 g/mol. The van der Waals surface area contributed by atoms with E-state index in [1.807, 2.05) is 30.5 Å². The normalized spacial score (nSPS) is 11.9. The van der Waals surface area contributed by atoms with Crippen molar-refractivity contribution in [2.24, 2.45) is 0 Å². The summed E-state index contributed by atoms with van der Waals surface area (Å²) in [5, 5.41) is 13.5. The van der Waals surface area contributed by atoms with Gasteiger partial charge in [-0.15, -0.1) is 11.3 Å². The lowest BCUT2D eigenvalue weighted by Crippen LogP contribution is -2.11. The van der Waals surface area contributed by atoms with Crippen LogP contribution >= 0.6 is 11.3 Å². The van der Waals surface area contributed by atoms with Crippen molar-refractivity contribution in [3.05, 3.63) is 103 Å². The van der Waals surface area contributed by atoms with E-state index >= 15 is 0 Å². The Balaban J connectivity index is 1.55. The number of rotatable bonds is 3. The fourth-order valence-electron chi connectivity index (χ4n) is 4.56. The number of fused-ring (bicyclic) bond motifs is 2. The predicted molar refractivity (Wildman–Crippen MR) is 152 cm³/mol. The number of aromatic nitrogens is 2. The number of hydrogen-bond acceptors (Lipinski definition) is 4. The summed E-state index contributed by atoms with van der Waals surface area (Å²) >= 11 is 1.60. The molecule has 0 radical (unpaired) electrons. The Bertz CT molecular complexity index is 1740. The number of phenols is 1. The van der Waals surface area contributed by atoms with Gasteiger partial charge >= 0.3 is 0 Å². The number of pyridine rings is 1. The molecule has 4 aromatic carbocycles. The molecule has 0 saturated carbocycles. The van der Waals surface area contributed by atoms with Crippen LogP contribution in [0.25, 0.3) is 53.9 Å². The van der Waals surface area contributed by atoms with Gasteiger partial charge in [0.25, 0.3) is 0 Å². The van der Waals surface area contributed by atoms with Crippen LogP contribution in [-0.2, 0) is 5.41 Å². The predicted octanol–water partition coefficient (Wildman–Crippen LogP) is 8.85. The molecule has 0 bridgehead atoms. The number of nitrogens with zero attached hydrogens (tertiary/aromatic N) is 2. The van der Waals surface area contributed by atoms with E-state index in [4.69, 9.17) is 9.97 Å². The van der Waals surface area contributed by atoms with E-state index in [9.17, 15) is 5.11 Å². The fourth-order valence-corrected chi connectivity index (χ4v) is 5.58. The Labute approximate surface area is 214 Å². The molecule has 0 atom stereocenters. The van der Waals surface area contributed by atoms with Gasteiger partial charge in [-0.3, -0.25) is 4.98 Å². The quantitative estimate of drug-likeness (QED) is 0.272. The lowest BCUT2D eigenvalue weighted by Gasteiger charge is -2.21. The first kappa shape index (κ1) is 22.4. The maximum Gasteiger partial charge on any atom is 0.128 e.